The van der Waals surface area contributed by atoms with Crippen LogP contribution in [0.5, 0.6) is 0 Å². The van der Waals surface area contributed by atoms with Crippen molar-refractivity contribution in [2.24, 2.45) is 0 Å². The molecule has 0 aromatic heterocycles. The van der Waals surface area contributed by atoms with Gasteiger partial charge in [0.2, 0.25) is 0 Å². The number of thiocarbonyl (C=S) groups is 1. The maximum atomic E-state index is 5.57. The smallest absolute Gasteiger partial charge is 0.0836 e. The first-order valence-corrected chi connectivity index (χ1v) is 4.80. The van der Waals surface area contributed by atoms with Gasteiger partial charge >= 0.3 is 0 Å². The summed E-state index contributed by atoms with van der Waals surface area (Å²) >= 11 is 5.26. The lowest BCUT2D eigenvalue weighted by Gasteiger charge is -2.16. The molecule has 0 aromatic rings. The topological polar surface area (TPSA) is 9.23 Å². The molecule has 1 heterocycles. The van der Waals surface area contributed by atoms with Gasteiger partial charge in [-0.25, -0.2) is 0 Å². The summed E-state index contributed by atoms with van der Waals surface area (Å²) < 4.78 is 5.57. The van der Waals surface area contributed by atoms with Gasteiger partial charge in [0, 0.05) is 17.9 Å². The Balaban J connectivity index is 2.14. The molecule has 0 amide bonds. The van der Waals surface area contributed by atoms with Gasteiger partial charge in [-0.15, -0.1) is 0 Å². The van der Waals surface area contributed by atoms with E-state index in [-0.39, 0.29) is 0 Å². The Hall–Kier alpha value is -0.470. The fourth-order valence-electron chi connectivity index (χ4n) is 1.67. The summed E-state index contributed by atoms with van der Waals surface area (Å²) in [4.78, 5) is 1.06. The summed E-state index contributed by atoms with van der Waals surface area (Å²) in [6.07, 6.45) is 9.80. The highest BCUT2D eigenvalue weighted by atomic mass is 32.1. The summed E-state index contributed by atoms with van der Waals surface area (Å²) in [5.74, 6) is 0. The number of allylic oxidation sites excluding steroid dienone is 3. The van der Waals surface area contributed by atoms with Gasteiger partial charge < -0.3 is 4.74 Å². The van der Waals surface area contributed by atoms with Crippen molar-refractivity contribution >= 4 is 17.1 Å². The van der Waals surface area contributed by atoms with Gasteiger partial charge in [-0.1, -0.05) is 30.4 Å². The molecule has 64 valence electrons. The van der Waals surface area contributed by atoms with Crippen molar-refractivity contribution in [1.29, 1.82) is 0 Å². The summed E-state index contributed by atoms with van der Waals surface area (Å²) in [5.41, 5.74) is 1.24. The van der Waals surface area contributed by atoms with Gasteiger partial charge in [-0.3, -0.25) is 0 Å². The zero-order valence-corrected chi connectivity index (χ0v) is 7.77. The van der Waals surface area contributed by atoms with Crippen LogP contribution in [0.3, 0.4) is 0 Å². The van der Waals surface area contributed by atoms with Crippen LogP contribution in [0.15, 0.2) is 23.8 Å². The maximum Gasteiger partial charge on any atom is 0.0836 e. The number of hydrogen-bond donors (Lipinski definition) is 0. The van der Waals surface area contributed by atoms with Crippen LogP contribution in [0, 0.1) is 0 Å². The Morgan fingerprint density at radius 2 is 2.42 bits per heavy atom. The minimum absolute atomic E-state index is 0.294. The Labute approximate surface area is 78.1 Å². The third kappa shape index (κ3) is 1.50. The molecule has 1 aliphatic carbocycles. The number of rotatable bonds is 1. The van der Waals surface area contributed by atoms with E-state index in [2.05, 4.69) is 18.2 Å². The highest BCUT2D eigenvalue weighted by molar-refractivity contribution is 7.80. The molecule has 1 fully saturated rings. The Kier molecular flexibility index (Phi) is 2.38. The molecule has 1 atom stereocenters. The van der Waals surface area contributed by atoms with Crippen molar-refractivity contribution in [1.82, 2.24) is 0 Å². The number of hydrogen-bond acceptors (Lipinski definition) is 2. The minimum atomic E-state index is 0.294. The third-order valence-electron chi connectivity index (χ3n) is 2.31. The van der Waals surface area contributed by atoms with Crippen molar-refractivity contribution in [3.63, 3.8) is 0 Å². The van der Waals surface area contributed by atoms with Crippen molar-refractivity contribution < 1.29 is 4.74 Å². The Bertz CT molecular complexity index is 247. The average molecular weight is 180 g/mol. The summed E-state index contributed by atoms with van der Waals surface area (Å²) in [5, 5.41) is 0. The quantitative estimate of drug-likeness (QED) is 0.573. The highest BCUT2D eigenvalue weighted by Gasteiger charge is 2.22. The van der Waals surface area contributed by atoms with E-state index in [4.69, 9.17) is 17.0 Å². The first-order chi connectivity index (χ1) is 5.88. The molecule has 2 aliphatic rings. The van der Waals surface area contributed by atoms with Gasteiger partial charge in [-0.05, 0) is 18.4 Å². The summed E-state index contributed by atoms with van der Waals surface area (Å²) in [6.45, 7) is 0.897. The summed E-state index contributed by atoms with van der Waals surface area (Å²) in [6, 6.07) is 0. The van der Waals surface area contributed by atoms with Gasteiger partial charge in [0.05, 0.1) is 6.10 Å². The van der Waals surface area contributed by atoms with Crippen LogP contribution in [0.4, 0.5) is 0 Å². The van der Waals surface area contributed by atoms with E-state index in [1.54, 1.807) is 0 Å². The highest BCUT2D eigenvalue weighted by Crippen LogP contribution is 2.24. The monoisotopic (exact) mass is 180 g/mol. The molecule has 0 radical (unpaired) electrons. The second kappa shape index (κ2) is 3.50. The molecule has 0 saturated carbocycles. The second-order valence-corrected chi connectivity index (χ2v) is 3.67. The van der Waals surface area contributed by atoms with Crippen LogP contribution in [-0.2, 0) is 4.74 Å². The fraction of sp³-hybridized carbons (Fsp3) is 0.500. The first-order valence-electron chi connectivity index (χ1n) is 4.39. The molecular formula is C10H12OS. The standard InChI is InChI=1S/C10H12OS/c12-10-6-2-1-4-8(10)9-5-3-7-11-9/h1-2,4,9H,3,5-7H2. The van der Waals surface area contributed by atoms with Crippen LogP contribution >= 0.6 is 12.2 Å². The minimum Gasteiger partial charge on any atom is -0.373 e. The Morgan fingerprint density at radius 3 is 3.08 bits per heavy atom. The molecule has 1 saturated heterocycles. The van der Waals surface area contributed by atoms with Gasteiger partial charge in [-0.2, -0.15) is 0 Å². The molecule has 0 aromatic carbocycles. The fourth-order valence-corrected chi connectivity index (χ4v) is 1.96. The largest absolute Gasteiger partial charge is 0.373 e. The molecule has 0 spiro atoms. The van der Waals surface area contributed by atoms with E-state index in [1.165, 1.54) is 12.0 Å². The Morgan fingerprint density at radius 1 is 1.50 bits per heavy atom. The molecule has 1 aliphatic heterocycles. The van der Waals surface area contributed by atoms with E-state index in [9.17, 15) is 0 Å². The lowest BCUT2D eigenvalue weighted by molar-refractivity contribution is 0.141. The van der Waals surface area contributed by atoms with Gasteiger partial charge in [0.25, 0.3) is 0 Å². The molecule has 0 N–H and O–H groups in total. The second-order valence-electron chi connectivity index (χ2n) is 3.18. The average Bonchev–Trinajstić information content (AvgIpc) is 2.57. The predicted molar refractivity (Wildman–Crippen MR) is 53.4 cm³/mol. The van der Waals surface area contributed by atoms with Crippen molar-refractivity contribution in [2.45, 2.75) is 25.4 Å². The van der Waals surface area contributed by atoms with Crippen molar-refractivity contribution in [3.05, 3.63) is 23.8 Å². The van der Waals surface area contributed by atoms with Crippen LogP contribution < -0.4 is 0 Å². The van der Waals surface area contributed by atoms with Crippen molar-refractivity contribution in [2.75, 3.05) is 6.61 Å². The van der Waals surface area contributed by atoms with Crippen LogP contribution in [0.2, 0.25) is 0 Å². The van der Waals surface area contributed by atoms with E-state index >= 15 is 0 Å². The van der Waals surface area contributed by atoms with Crippen LogP contribution in [0.25, 0.3) is 0 Å². The molecule has 0 bridgehead atoms. The normalized spacial score (nSPS) is 29.2. The van der Waals surface area contributed by atoms with Crippen LogP contribution in [0.1, 0.15) is 19.3 Å². The molecular weight excluding hydrogens is 168 g/mol. The van der Waals surface area contributed by atoms with E-state index < -0.39 is 0 Å². The lowest BCUT2D eigenvalue weighted by Crippen LogP contribution is -2.16. The molecule has 12 heavy (non-hydrogen) atoms. The van der Waals surface area contributed by atoms with Crippen molar-refractivity contribution in [3.8, 4) is 0 Å². The molecule has 1 unspecified atom stereocenters. The first kappa shape index (κ1) is 8.14. The van der Waals surface area contributed by atoms with Gasteiger partial charge in [0.1, 0.15) is 0 Å². The molecule has 2 heteroatoms. The molecule has 2 rings (SSSR count). The zero-order chi connectivity index (χ0) is 8.39. The molecule has 1 nitrogen and oxygen atoms in total. The maximum absolute atomic E-state index is 5.57. The van der Waals surface area contributed by atoms with Crippen LogP contribution in [-0.4, -0.2) is 17.6 Å². The lowest BCUT2D eigenvalue weighted by atomic mass is 9.98. The third-order valence-corrected chi connectivity index (χ3v) is 2.72. The predicted octanol–water partition coefficient (Wildman–Crippen LogP) is 2.42. The number of ether oxygens (including phenoxy) is 1. The SMILES string of the molecule is S=C1CC=CC=C1C1CCCO1. The van der Waals surface area contributed by atoms with Gasteiger partial charge in [0.15, 0.2) is 0 Å². The van der Waals surface area contributed by atoms with E-state index in [0.29, 0.717) is 6.10 Å². The van der Waals surface area contributed by atoms with E-state index in [0.717, 1.165) is 24.3 Å². The zero-order valence-electron chi connectivity index (χ0n) is 6.95. The summed E-state index contributed by atoms with van der Waals surface area (Å²) in [7, 11) is 0. The van der Waals surface area contributed by atoms with E-state index in [1.807, 2.05) is 0 Å².